The lowest BCUT2D eigenvalue weighted by molar-refractivity contribution is -0.129. The van der Waals surface area contributed by atoms with Crippen molar-refractivity contribution in [3.63, 3.8) is 0 Å². The van der Waals surface area contributed by atoms with Crippen molar-refractivity contribution in [2.24, 2.45) is 4.99 Å². The maximum atomic E-state index is 12.5. The quantitative estimate of drug-likeness (QED) is 0.216. The first kappa shape index (κ1) is 23.2. The molecule has 0 spiro atoms. The Morgan fingerprint density at radius 3 is 2.47 bits per heavy atom. The number of carbonyl (C=O) groups is 2. The third kappa shape index (κ3) is 5.88. The van der Waals surface area contributed by atoms with Gasteiger partial charge in [-0.15, -0.1) is 0 Å². The van der Waals surface area contributed by atoms with Gasteiger partial charge in [0.25, 0.3) is 0 Å². The van der Waals surface area contributed by atoms with Crippen LogP contribution in [0.15, 0.2) is 94.0 Å². The second kappa shape index (κ2) is 10.8. The van der Waals surface area contributed by atoms with E-state index >= 15 is 0 Å². The Balaban J connectivity index is 1.53. The van der Waals surface area contributed by atoms with Gasteiger partial charge in [0.05, 0.1) is 12.2 Å². The molecule has 3 aromatic rings. The lowest BCUT2D eigenvalue weighted by Gasteiger charge is -2.11. The van der Waals surface area contributed by atoms with Crippen LogP contribution in [0.1, 0.15) is 28.4 Å². The minimum atomic E-state index is -0.545. The Morgan fingerprint density at radius 2 is 1.74 bits per heavy atom. The molecule has 0 aliphatic carbocycles. The zero-order chi connectivity index (χ0) is 23.9. The van der Waals surface area contributed by atoms with Crippen molar-refractivity contribution in [2.75, 3.05) is 6.61 Å². The number of esters is 2. The van der Waals surface area contributed by atoms with Crippen LogP contribution in [0.5, 0.6) is 11.5 Å². The van der Waals surface area contributed by atoms with E-state index in [4.69, 9.17) is 14.2 Å². The molecule has 0 saturated heterocycles. The van der Waals surface area contributed by atoms with Gasteiger partial charge in [-0.3, -0.25) is 0 Å². The van der Waals surface area contributed by atoms with Gasteiger partial charge in [0.15, 0.2) is 17.2 Å². The molecular formula is C27H20BrNO5. The molecule has 1 aliphatic heterocycles. The first-order chi connectivity index (χ1) is 16.5. The van der Waals surface area contributed by atoms with Crippen molar-refractivity contribution in [1.29, 1.82) is 0 Å². The molecule has 1 aliphatic rings. The molecule has 0 atom stereocenters. The minimum absolute atomic E-state index is 0.162. The molecule has 3 aromatic carbocycles. The summed E-state index contributed by atoms with van der Waals surface area (Å²) in [5.41, 5.74) is 2.19. The molecule has 0 bridgehead atoms. The Hall–Kier alpha value is -3.97. The summed E-state index contributed by atoms with van der Waals surface area (Å²) in [6, 6.07) is 21.5. The van der Waals surface area contributed by atoms with Gasteiger partial charge in [0, 0.05) is 10.5 Å². The van der Waals surface area contributed by atoms with E-state index < -0.39 is 11.9 Å². The van der Waals surface area contributed by atoms with Gasteiger partial charge in [-0.1, -0.05) is 52.3 Å². The van der Waals surface area contributed by atoms with E-state index in [1.54, 1.807) is 54.6 Å². The monoisotopic (exact) mass is 517 g/mol. The van der Waals surface area contributed by atoms with Gasteiger partial charge in [-0.2, -0.15) is 0 Å². The zero-order valence-electron chi connectivity index (χ0n) is 18.2. The van der Waals surface area contributed by atoms with Gasteiger partial charge in [-0.05, 0) is 66.6 Å². The van der Waals surface area contributed by atoms with Crippen molar-refractivity contribution in [1.82, 2.24) is 0 Å². The Morgan fingerprint density at radius 1 is 0.971 bits per heavy atom. The summed E-state index contributed by atoms with van der Waals surface area (Å²) >= 11 is 3.34. The number of benzene rings is 3. The standard InChI is InChI=1S/C27H20BrNO5/c1-2-32-24-17-19(8-14-23(24)33-26(30)20-10-12-21(28)13-11-20)16-22-27(31)34-25(29-22)15-9-18-6-4-3-5-7-18/h3-17H,2H2,1H3/b15-9+,22-16+. The molecule has 0 saturated carbocycles. The van der Waals surface area contributed by atoms with Crippen molar-refractivity contribution in [3.8, 4) is 11.5 Å². The average molecular weight is 518 g/mol. The summed E-state index contributed by atoms with van der Waals surface area (Å²) in [7, 11) is 0. The Kier molecular flexibility index (Phi) is 7.34. The fourth-order valence-electron chi connectivity index (χ4n) is 3.10. The van der Waals surface area contributed by atoms with E-state index in [1.165, 1.54) is 0 Å². The maximum Gasteiger partial charge on any atom is 0.363 e. The molecule has 0 amide bonds. The Labute approximate surface area is 205 Å². The molecule has 0 unspecified atom stereocenters. The fourth-order valence-corrected chi connectivity index (χ4v) is 3.36. The average Bonchev–Trinajstić information content (AvgIpc) is 3.19. The number of aliphatic imine (C=N–C) groups is 1. The molecule has 0 aromatic heterocycles. The number of hydrogen-bond acceptors (Lipinski definition) is 6. The Bertz CT molecular complexity index is 1290. The highest BCUT2D eigenvalue weighted by Gasteiger charge is 2.21. The predicted octanol–water partition coefficient (Wildman–Crippen LogP) is 6.08. The molecule has 0 radical (unpaired) electrons. The van der Waals surface area contributed by atoms with Crippen LogP contribution in [-0.4, -0.2) is 24.4 Å². The second-order valence-corrected chi connectivity index (χ2v) is 8.06. The SMILES string of the molecule is CCOc1cc(/C=C2N=C(/C=C/c3ccccc3)OC/2=O)ccc1OC(=O)c1ccc(Br)cc1. The number of halogens is 1. The predicted molar refractivity (Wildman–Crippen MR) is 134 cm³/mol. The van der Waals surface area contributed by atoms with Gasteiger partial charge < -0.3 is 14.2 Å². The number of carbonyl (C=O) groups excluding carboxylic acids is 2. The minimum Gasteiger partial charge on any atom is -0.490 e. The van der Waals surface area contributed by atoms with E-state index in [9.17, 15) is 9.59 Å². The van der Waals surface area contributed by atoms with Crippen LogP contribution in [0.3, 0.4) is 0 Å². The number of nitrogens with zero attached hydrogens (tertiary/aromatic N) is 1. The zero-order valence-corrected chi connectivity index (χ0v) is 19.8. The molecule has 7 heteroatoms. The summed E-state index contributed by atoms with van der Waals surface area (Å²) in [5, 5.41) is 0. The highest BCUT2D eigenvalue weighted by molar-refractivity contribution is 9.10. The van der Waals surface area contributed by atoms with Crippen molar-refractivity contribution in [2.45, 2.75) is 6.92 Å². The van der Waals surface area contributed by atoms with E-state index in [0.717, 1.165) is 10.0 Å². The molecule has 4 rings (SSSR count). The molecule has 170 valence electrons. The summed E-state index contributed by atoms with van der Waals surface area (Å²) in [6.45, 7) is 2.20. The van der Waals surface area contributed by atoms with Crippen LogP contribution >= 0.6 is 15.9 Å². The van der Waals surface area contributed by atoms with Crippen LogP contribution in [0.4, 0.5) is 0 Å². The third-order valence-corrected chi connectivity index (χ3v) is 5.24. The van der Waals surface area contributed by atoms with Crippen molar-refractivity contribution in [3.05, 3.63) is 106 Å². The largest absolute Gasteiger partial charge is 0.490 e. The molecule has 34 heavy (non-hydrogen) atoms. The van der Waals surface area contributed by atoms with E-state index in [0.29, 0.717) is 23.5 Å². The summed E-state index contributed by atoms with van der Waals surface area (Å²) in [5.74, 6) is -0.178. The number of ether oxygens (including phenoxy) is 3. The summed E-state index contributed by atoms with van der Waals surface area (Å²) in [4.78, 5) is 29.0. The van der Waals surface area contributed by atoms with Crippen LogP contribution in [0, 0.1) is 0 Å². The normalized spacial score (nSPS) is 14.2. The lowest BCUT2D eigenvalue weighted by atomic mass is 10.1. The highest BCUT2D eigenvalue weighted by atomic mass is 79.9. The number of hydrogen-bond donors (Lipinski definition) is 0. The molecule has 0 N–H and O–H groups in total. The van der Waals surface area contributed by atoms with Crippen molar-refractivity contribution < 1.29 is 23.8 Å². The first-order valence-corrected chi connectivity index (χ1v) is 11.3. The number of cyclic esters (lactones) is 1. The van der Waals surface area contributed by atoms with Crippen molar-refractivity contribution >= 4 is 45.9 Å². The van der Waals surface area contributed by atoms with Gasteiger partial charge in [0.1, 0.15) is 0 Å². The van der Waals surface area contributed by atoms with Crippen LogP contribution in [-0.2, 0) is 9.53 Å². The van der Waals surface area contributed by atoms with E-state index in [2.05, 4.69) is 20.9 Å². The molecule has 0 fully saturated rings. The van der Waals surface area contributed by atoms with Crippen LogP contribution in [0.25, 0.3) is 12.2 Å². The van der Waals surface area contributed by atoms with E-state index in [-0.39, 0.29) is 17.3 Å². The first-order valence-electron chi connectivity index (χ1n) is 10.5. The van der Waals surface area contributed by atoms with Gasteiger partial charge >= 0.3 is 11.9 Å². The topological polar surface area (TPSA) is 74.2 Å². The summed E-state index contributed by atoms with van der Waals surface area (Å²) in [6.07, 6.45) is 5.05. The summed E-state index contributed by atoms with van der Waals surface area (Å²) < 4.78 is 17.3. The highest BCUT2D eigenvalue weighted by Crippen LogP contribution is 2.31. The fraction of sp³-hybridized carbons (Fsp3) is 0.0741. The van der Waals surface area contributed by atoms with Gasteiger partial charge in [0.2, 0.25) is 5.90 Å². The number of rotatable bonds is 7. The van der Waals surface area contributed by atoms with E-state index in [1.807, 2.05) is 43.3 Å². The van der Waals surface area contributed by atoms with Gasteiger partial charge in [-0.25, -0.2) is 14.6 Å². The molecular weight excluding hydrogens is 498 g/mol. The lowest BCUT2D eigenvalue weighted by Crippen LogP contribution is -2.09. The third-order valence-electron chi connectivity index (χ3n) is 4.71. The smallest absolute Gasteiger partial charge is 0.363 e. The molecule has 1 heterocycles. The molecule has 6 nitrogen and oxygen atoms in total. The maximum absolute atomic E-state index is 12.5. The second-order valence-electron chi connectivity index (χ2n) is 7.15. The van der Waals surface area contributed by atoms with Crippen LogP contribution < -0.4 is 9.47 Å². The van der Waals surface area contributed by atoms with Crippen LogP contribution in [0.2, 0.25) is 0 Å².